The molecule has 7 fully saturated rings. The Kier molecular flexibility index (Phi) is 2.91. The first-order valence-electron chi connectivity index (χ1n) is 9.99. The fourth-order valence-corrected chi connectivity index (χ4v) is 7.92. The lowest BCUT2D eigenvalue weighted by molar-refractivity contribution is -0.138. The lowest BCUT2D eigenvalue weighted by Gasteiger charge is -2.48. The zero-order valence-electron chi connectivity index (χ0n) is 14.9. The van der Waals surface area contributed by atoms with E-state index in [0.717, 1.165) is 24.8 Å². The van der Waals surface area contributed by atoms with Gasteiger partial charge in [0.1, 0.15) is 0 Å². The van der Waals surface area contributed by atoms with Gasteiger partial charge < -0.3 is 10.2 Å². The van der Waals surface area contributed by atoms with E-state index < -0.39 is 0 Å². The molecule has 0 aromatic rings. The van der Waals surface area contributed by atoms with Crippen LogP contribution in [0.3, 0.4) is 0 Å². The summed E-state index contributed by atoms with van der Waals surface area (Å²) in [7, 11) is 0. The quantitative estimate of drug-likeness (QED) is 0.867. The zero-order chi connectivity index (χ0) is 15.9. The van der Waals surface area contributed by atoms with E-state index in [1.54, 1.807) is 0 Å². The van der Waals surface area contributed by atoms with E-state index in [1.165, 1.54) is 58.0 Å². The summed E-state index contributed by atoms with van der Waals surface area (Å²) >= 11 is 0. The average molecular weight is 316 g/mol. The highest BCUT2D eigenvalue weighted by Gasteiger charge is 2.69. The zero-order valence-corrected chi connectivity index (χ0v) is 14.9. The van der Waals surface area contributed by atoms with Crippen molar-refractivity contribution in [2.75, 3.05) is 19.6 Å². The molecule has 6 bridgehead atoms. The standard InChI is InChI=1S/C20H32N2O/c1-3-19-11-18(2)8-15(19)9-20(12-18,13-19)17(23)21-16-10-22-6-4-14(16)5-7-22/h14-16H,3-13H2,1-2H3,(H,21,23)/t15?,16-,18+,19-,20?/m0/s1. The Labute approximate surface area is 140 Å². The molecule has 3 aliphatic heterocycles. The van der Waals surface area contributed by atoms with E-state index in [9.17, 15) is 4.79 Å². The number of hydrogen-bond acceptors (Lipinski definition) is 2. The number of hydrogen-bond donors (Lipinski definition) is 1. The molecule has 5 atom stereocenters. The van der Waals surface area contributed by atoms with E-state index in [4.69, 9.17) is 0 Å². The highest BCUT2D eigenvalue weighted by molar-refractivity contribution is 5.84. The minimum absolute atomic E-state index is 0.0159. The Morgan fingerprint density at radius 3 is 2.57 bits per heavy atom. The maximum atomic E-state index is 13.4. The summed E-state index contributed by atoms with van der Waals surface area (Å²) in [6.07, 6.45) is 10.2. The van der Waals surface area contributed by atoms with Crippen molar-refractivity contribution in [1.29, 1.82) is 0 Å². The van der Waals surface area contributed by atoms with Crippen LogP contribution >= 0.6 is 0 Å². The van der Waals surface area contributed by atoms with Crippen LogP contribution in [0.1, 0.15) is 65.2 Å². The van der Waals surface area contributed by atoms with E-state index >= 15 is 0 Å². The summed E-state index contributed by atoms with van der Waals surface area (Å²) in [5.41, 5.74) is 0.931. The van der Waals surface area contributed by atoms with Crippen LogP contribution in [-0.4, -0.2) is 36.5 Å². The first kappa shape index (κ1) is 14.7. The van der Waals surface area contributed by atoms with Crippen molar-refractivity contribution < 1.29 is 4.79 Å². The molecular weight excluding hydrogens is 284 g/mol. The fourth-order valence-electron chi connectivity index (χ4n) is 7.92. The monoisotopic (exact) mass is 316 g/mol. The Morgan fingerprint density at radius 2 is 1.96 bits per heavy atom. The van der Waals surface area contributed by atoms with Crippen LogP contribution in [0, 0.1) is 28.1 Å². The van der Waals surface area contributed by atoms with Gasteiger partial charge in [-0.25, -0.2) is 0 Å². The van der Waals surface area contributed by atoms with Gasteiger partial charge in [-0.15, -0.1) is 0 Å². The Hall–Kier alpha value is -0.570. The van der Waals surface area contributed by atoms with E-state index in [0.29, 0.717) is 22.8 Å². The number of nitrogens with one attached hydrogen (secondary N) is 1. The second kappa shape index (κ2) is 4.53. The predicted molar refractivity (Wildman–Crippen MR) is 90.9 cm³/mol. The fraction of sp³-hybridized carbons (Fsp3) is 0.950. The van der Waals surface area contributed by atoms with Gasteiger partial charge in [0.2, 0.25) is 5.91 Å². The molecule has 1 amide bonds. The summed E-state index contributed by atoms with van der Waals surface area (Å²) in [5.74, 6) is 2.00. The second-order valence-electron chi connectivity index (χ2n) is 10.2. The summed E-state index contributed by atoms with van der Waals surface area (Å²) in [5, 5.41) is 3.56. The highest BCUT2D eigenvalue weighted by atomic mass is 16.2. The third kappa shape index (κ3) is 1.95. The first-order chi connectivity index (χ1) is 11.0. The minimum Gasteiger partial charge on any atom is -0.351 e. The van der Waals surface area contributed by atoms with Crippen molar-refractivity contribution in [1.82, 2.24) is 10.2 Å². The summed E-state index contributed by atoms with van der Waals surface area (Å²) in [4.78, 5) is 15.9. The average Bonchev–Trinajstić information content (AvgIpc) is 2.89. The molecule has 3 nitrogen and oxygen atoms in total. The maximum Gasteiger partial charge on any atom is 0.226 e. The van der Waals surface area contributed by atoms with Crippen molar-refractivity contribution >= 4 is 5.91 Å². The molecular formula is C20H32N2O. The molecule has 0 aromatic carbocycles. The van der Waals surface area contributed by atoms with E-state index in [1.807, 2.05) is 0 Å². The number of carbonyl (C=O) groups is 1. The molecule has 4 saturated carbocycles. The summed E-state index contributed by atoms with van der Waals surface area (Å²) in [6.45, 7) is 8.44. The molecule has 128 valence electrons. The van der Waals surface area contributed by atoms with Crippen molar-refractivity contribution in [3.8, 4) is 0 Å². The predicted octanol–water partition coefficient (Wildman–Crippen LogP) is 3.19. The van der Waals surface area contributed by atoms with Crippen LogP contribution in [0.15, 0.2) is 0 Å². The van der Waals surface area contributed by atoms with Gasteiger partial charge in [0.15, 0.2) is 0 Å². The molecule has 0 spiro atoms. The minimum atomic E-state index is -0.0159. The summed E-state index contributed by atoms with van der Waals surface area (Å²) in [6, 6.07) is 0.432. The molecule has 0 aromatic heterocycles. The molecule has 3 heteroatoms. The molecule has 23 heavy (non-hydrogen) atoms. The number of piperidine rings is 3. The van der Waals surface area contributed by atoms with Gasteiger partial charge >= 0.3 is 0 Å². The highest BCUT2D eigenvalue weighted by Crippen LogP contribution is 2.75. The molecule has 3 saturated heterocycles. The van der Waals surface area contributed by atoms with E-state index in [2.05, 4.69) is 24.1 Å². The van der Waals surface area contributed by atoms with Crippen molar-refractivity contribution in [2.24, 2.45) is 28.1 Å². The van der Waals surface area contributed by atoms with Crippen LogP contribution in [0.4, 0.5) is 0 Å². The third-order valence-electron chi connectivity index (χ3n) is 8.64. The van der Waals surface area contributed by atoms with Gasteiger partial charge in [-0.3, -0.25) is 4.79 Å². The van der Waals surface area contributed by atoms with Crippen molar-refractivity contribution in [2.45, 2.75) is 71.3 Å². The molecule has 4 aliphatic carbocycles. The molecule has 3 heterocycles. The third-order valence-corrected chi connectivity index (χ3v) is 8.64. The van der Waals surface area contributed by atoms with Crippen LogP contribution < -0.4 is 5.32 Å². The first-order valence-corrected chi connectivity index (χ1v) is 9.99. The van der Waals surface area contributed by atoms with Crippen LogP contribution in [-0.2, 0) is 4.79 Å². The van der Waals surface area contributed by atoms with Gasteiger partial charge in [-0.2, -0.15) is 0 Å². The summed E-state index contributed by atoms with van der Waals surface area (Å²) < 4.78 is 0. The Balaban J connectivity index is 1.37. The SMILES string of the molecule is CC[C@]12CC3(C(=O)N[C@H]4CN5CCC4CC5)CC1C[C@@](C)(C3)C2. The van der Waals surface area contributed by atoms with Crippen molar-refractivity contribution in [3.05, 3.63) is 0 Å². The normalized spacial score (nSPS) is 56.3. The van der Waals surface area contributed by atoms with Crippen LogP contribution in [0.5, 0.6) is 0 Å². The smallest absolute Gasteiger partial charge is 0.226 e. The van der Waals surface area contributed by atoms with Gasteiger partial charge in [0.25, 0.3) is 0 Å². The molecule has 2 unspecified atom stereocenters. The lowest BCUT2D eigenvalue weighted by atomic mass is 9.59. The topological polar surface area (TPSA) is 32.3 Å². The van der Waals surface area contributed by atoms with Crippen LogP contribution in [0.25, 0.3) is 0 Å². The lowest BCUT2D eigenvalue weighted by Crippen LogP contribution is -2.60. The van der Waals surface area contributed by atoms with Gasteiger partial charge in [0.05, 0.1) is 5.41 Å². The number of amides is 1. The van der Waals surface area contributed by atoms with E-state index in [-0.39, 0.29) is 5.41 Å². The van der Waals surface area contributed by atoms with Gasteiger partial charge in [0, 0.05) is 12.6 Å². The number of nitrogens with zero attached hydrogens (tertiary/aromatic N) is 1. The number of rotatable bonds is 3. The molecule has 0 radical (unpaired) electrons. The van der Waals surface area contributed by atoms with Gasteiger partial charge in [-0.1, -0.05) is 20.3 Å². The number of fused-ring (bicyclic) bond motifs is 3. The van der Waals surface area contributed by atoms with Crippen molar-refractivity contribution in [3.63, 3.8) is 0 Å². The maximum absolute atomic E-state index is 13.4. The molecule has 7 aliphatic rings. The largest absolute Gasteiger partial charge is 0.351 e. The Morgan fingerprint density at radius 1 is 1.17 bits per heavy atom. The van der Waals surface area contributed by atoms with Gasteiger partial charge in [-0.05, 0) is 80.7 Å². The molecule has 7 rings (SSSR count). The number of carbonyl (C=O) groups excluding carboxylic acids is 1. The second-order valence-corrected chi connectivity index (χ2v) is 10.2. The Bertz CT molecular complexity index is 540. The van der Waals surface area contributed by atoms with Crippen LogP contribution in [0.2, 0.25) is 0 Å². The molecule has 1 N–H and O–H groups in total.